The second-order valence-electron chi connectivity index (χ2n) is 7.78. The van der Waals surface area contributed by atoms with E-state index in [-0.39, 0.29) is 0 Å². The average molecular weight is 411 g/mol. The van der Waals surface area contributed by atoms with Gasteiger partial charge in [-0.15, -0.1) is 11.3 Å². The Morgan fingerprint density at radius 2 is 1.96 bits per heavy atom. The van der Waals surface area contributed by atoms with Crippen molar-refractivity contribution in [1.29, 1.82) is 0 Å². The third-order valence-corrected chi connectivity index (χ3v) is 7.50. The molecular weight excluding hydrogens is 392 g/mol. The van der Waals surface area contributed by atoms with E-state index in [9.17, 15) is 0 Å². The molecule has 0 spiro atoms. The van der Waals surface area contributed by atoms with E-state index in [4.69, 9.17) is 27.3 Å². The Morgan fingerprint density at radius 3 is 2.79 bits per heavy atom. The van der Waals surface area contributed by atoms with E-state index < -0.39 is 0 Å². The number of aromatic nitrogens is 4. The van der Waals surface area contributed by atoms with Crippen LogP contribution in [-0.2, 0) is 0 Å². The SMILES string of the molecule is NC1CC2CCC(C1)N2c1cnc2c(-c3ccc4ncsc4c3Cl)c[nH]c2n1. The molecule has 4 aromatic rings. The number of nitrogens with zero attached hydrogens (tertiary/aromatic N) is 4. The van der Waals surface area contributed by atoms with Crippen LogP contribution in [0.2, 0.25) is 5.02 Å². The van der Waals surface area contributed by atoms with Crippen LogP contribution in [0, 0.1) is 0 Å². The summed E-state index contributed by atoms with van der Waals surface area (Å²) in [6.45, 7) is 0. The number of H-pyrrole nitrogens is 1. The molecule has 8 heteroatoms. The number of hydrogen-bond acceptors (Lipinski definition) is 6. The molecule has 1 aromatic carbocycles. The number of aromatic amines is 1. The lowest BCUT2D eigenvalue weighted by Crippen LogP contribution is -2.47. The summed E-state index contributed by atoms with van der Waals surface area (Å²) in [6.07, 6.45) is 8.31. The lowest BCUT2D eigenvalue weighted by atomic mass is 9.98. The van der Waals surface area contributed by atoms with Crippen LogP contribution in [0.5, 0.6) is 0 Å². The van der Waals surface area contributed by atoms with Crippen molar-refractivity contribution in [3.8, 4) is 11.1 Å². The van der Waals surface area contributed by atoms with Gasteiger partial charge in [0.25, 0.3) is 0 Å². The molecule has 2 fully saturated rings. The van der Waals surface area contributed by atoms with Gasteiger partial charge in [-0.05, 0) is 31.7 Å². The summed E-state index contributed by atoms with van der Waals surface area (Å²) in [5.41, 5.74) is 12.5. The summed E-state index contributed by atoms with van der Waals surface area (Å²) >= 11 is 8.23. The number of fused-ring (bicyclic) bond motifs is 4. The smallest absolute Gasteiger partial charge is 0.159 e. The lowest BCUT2D eigenvalue weighted by molar-refractivity contribution is 0.412. The van der Waals surface area contributed by atoms with E-state index in [0.717, 1.165) is 56.2 Å². The number of thiazole rings is 1. The van der Waals surface area contributed by atoms with Gasteiger partial charge in [-0.2, -0.15) is 0 Å². The molecule has 0 radical (unpaired) electrons. The van der Waals surface area contributed by atoms with Crippen LogP contribution in [0.3, 0.4) is 0 Å². The van der Waals surface area contributed by atoms with Gasteiger partial charge in [-0.3, -0.25) is 0 Å². The Labute approximate surface area is 170 Å². The van der Waals surface area contributed by atoms with Crippen LogP contribution in [0.15, 0.2) is 30.0 Å². The van der Waals surface area contributed by atoms with Gasteiger partial charge in [-0.1, -0.05) is 17.7 Å². The highest BCUT2D eigenvalue weighted by Gasteiger charge is 2.40. The Balaban J connectivity index is 1.43. The van der Waals surface area contributed by atoms with Crippen molar-refractivity contribution in [3.63, 3.8) is 0 Å². The monoisotopic (exact) mass is 410 g/mol. The first kappa shape index (κ1) is 16.7. The highest BCUT2D eigenvalue weighted by Crippen LogP contribution is 2.40. The lowest BCUT2D eigenvalue weighted by Gasteiger charge is -2.38. The topological polar surface area (TPSA) is 83.7 Å². The van der Waals surface area contributed by atoms with E-state index in [0.29, 0.717) is 18.1 Å². The number of halogens is 1. The van der Waals surface area contributed by atoms with Crippen molar-refractivity contribution in [2.24, 2.45) is 5.73 Å². The van der Waals surface area contributed by atoms with Crippen molar-refractivity contribution >= 4 is 50.1 Å². The number of rotatable bonds is 2. The fourth-order valence-corrected chi connectivity index (χ4v) is 6.03. The molecule has 2 aliphatic rings. The summed E-state index contributed by atoms with van der Waals surface area (Å²) in [6, 6.07) is 5.29. The number of benzene rings is 1. The van der Waals surface area contributed by atoms with Gasteiger partial charge in [0.15, 0.2) is 5.65 Å². The van der Waals surface area contributed by atoms with Crippen LogP contribution in [0.4, 0.5) is 5.82 Å². The van der Waals surface area contributed by atoms with Crippen molar-refractivity contribution in [3.05, 3.63) is 35.1 Å². The fraction of sp³-hybridized carbons (Fsp3) is 0.350. The molecular formula is C20H19ClN6S. The van der Waals surface area contributed by atoms with E-state index >= 15 is 0 Å². The second-order valence-corrected chi connectivity index (χ2v) is 9.01. The molecule has 2 bridgehead atoms. The van der Waals surface area contributed by atoms with Gasteiger partial charge in [-0.25, -0.2) is 15.0 Å². The summed E-state index contributed by atoms with van der Waals surface area (Å²) in [7, 11) is 0. The van der Waals surface area contributed by atoms with Crippen LogP contribution in [0.1, 0.15) is 25.7 Å². The molecule has 2 saturated heterocycles. The van der Waals surface area contributed by atoms with Crippen LogP contribution in [0.25, 0.3) is 32.5 Å². The number of nitrogens with two attached hydrogens (primary N) is 1. The van der Waals surface area contributed by atoms with E-state index in [1.54, 1.807) is 11.3 Å². The molecule has 6 rings (SSSR count). The Morgan fingerprint density at radius 1 is 1.14 bits per heavy atom. The third kappa shape index (κ3) is 2.40. The average Bonchev–Trinajstić information content (AvgIpc) is 3.38. The minimum absolute atomic E-state index is 0.311. The van der Waals surface area contributed by atoms with Crippen LogP contribution >= 0.6 is 22.9 Å². The largest absolute Gasteiger partial charge is 0.349 e. The van der Waals surface area contributed by atoms with Gasteiger partial charge in [0, 0.05) is 35.4 Å². The predicted molar refractivity (Wildman–Crippen MR) is 114 cm³/mol. The summed E-state index contributed by atoms with van der Waals surface area (Å²) in [5.74, 6) is 0.948. The molecule has 2 atom stereocenters. The highest BCUT2D eigenvalue weighted by atomic mass is 35.5. The quantitative estimate of drug-likeness (QED) is 0.513. The summed E-state index contributed by atoms with van der Waals surface area (Å²) in [4.78, 5) is 19.8. The zero-order valence-corrected chi connectivity index (χ0v) is 16.7. The van der Waals surface area contributed by atoms with Crippen LogP contribution in [-0.4, -0.2) is 38.1 Å². The van der Waals surface area contributed by atoms with E-state index in [2.05, 4.69) is 14.9 Å². The molecule has 0 amide bonds. The second kappa shape index (κ2) is 6.14. The van der Waals surface area contributed by atoms with Crippen molar-refractivity contribution in [1.82, 2.24) is 19.9 Å². The summed E-state index contributed by atoms with van der Waals surface area (Å²) < 4.78 is 0.999. The van der Waals surface area contributed by atoms with E-state index in [1.807, 2.05) is 30.0 Å². The molecule has 5 heterocycles. The van der Waals surface area contributed by atoms with Crippen LogP contribution < -0.4 is 10.6 Å². The molecule has 3 N–H and O–H groups in total. The predicted octanol–water partition coefficient (Wildman–Crippen LogP) is 4.35. The summed E-state index contributed by atoms with van der Waals surface area (Å²) in [5, 5.41) is 0.717. The number of hydrogen-bond donors (Lipinski definition) is 2. The van der Waals surface area contributed by atoms with Gasteiger partial charge < -0.3 is 15.6 Å². The normalized spacial score (nSPS) is 24.5. The molecule has 0 saturated carbocycles. The van der Waals surface area contributed by atoms with Gasteiger partial charge in [0.05, 0.1) is 26.9 Å². The minimum atomic E-state index is 0.311. The Bertz CT molecular complexity index is 1190. The fourth-order valence-electron chi connectivity index (χ4n) is 4.91. The highest BCUT2D eigenvalue weighted by molar-refractivity contribution is 7.17. The minimum Gasteiger partial charge on any atom is -0.349 e. The first-order valence-corrected chi connectivity index (χ1v) is 10.8. The van der Waals surface area contributed by atoms with Gasteiger partial charge >= 0.3 is 0 Å². The maximum atomic E-state index is 6.68. The van der Waals surface area contributed by atoms with Gasteiger partial charge in [0.2, 0.25) is 0 Å². The number of anilines is 1. The van der Waals surface area contributed by atoms with Crippen molar-refractivity contribution < 1.29 is 0 Å². The number of nitrogens with one attached hydrogen (secondary N) is 1. The maximum Gasteiger partial charge on any atom is 0.159 e. The van der Waals surface area contributed by atoms with Gasteiger partial charge in [0.1, 0.15) is 11.3 Å². The van der Waals surface area contributed by atoms with E-state index in [1.165, 1.54) is 12.8 Å². The molecule has 28 heavy (non-hydrogen) atoms. The molecule has 3 aromatic heterocycles. The maximum absolute atomic E-state index is 6.68. The van der Waals surface area contributed by atoms with Crippen molar-refractivity contribution in [2.75, 3.05) is 4.90 Å². The van der Waals surface area contributed by atoms with Crippen molar-refractivity contribution in [2.45, 2.75) is 43.8 Å². The Hall–Kier alpha value is -2.22. The first-order valence-electron chi connectivity index (χ1n) is 9.59. The zero-order valence-electron chi connectivity index (χ0n) is 15.1. The Kier molecular flexibility index (Phi) is 3.66. The molecule has 142 valence electrons. The standard InChI is InChI=1S/C20H19ClN6S/c21-17-13(3-4-15-19(17)28-9-25-15)14-7-24-20-18(14)23-8-16(26-20)27-11-1-2-12(27)6-10(22)5-11/h3-4,7-12H,1-2,5-6,22H2,(H,24,26). The molecule has 0 aliphatic carbocycles. The molecule has 2 aliphatic heterocycles. The zero-order chi connectivity index (χ0) is 18.8. The number of piperidine rings is 1. The third-order valence-electron chi connectivity index (χ3n) is 6.13. The first-order chi connectivity index (χ1) is 13.7. The molecule has 6 nitrogen and oxygen atoms in total. The molecule has 2 unspecified atom stereocenters.